The lowest BCUT2D eigenvalue weighted by atomic mass is 10.2. The highest BCUT2D eigenvalue weighted by atomic mass is 19.3. The molecule has 2 N–H and O–H groups in total. The molecule has 8 heteroatoms. The molecule has 0 bridgehead atoms. The molecule has 1 aromatic carbocycles. The van der Waals surface area contributed by atoms with Crippen LogP contribution in [0.4, 0.5) is 19.3 Å². The number of methoxy groups -OCH3 is 1. The van der Waals surface area contributed by atoms with Gasteiger partial charge in [-0.2, -0.15) is 8.78 Å². The lowest BCUT2D eigenvalue weighted by Gasteiger charge is -2.13. The van der Waals surface area contributed by atoms with Crippen LogP contribution in [0, 0.1) is 6.92 Å². The van der Waals surface area contributed by atoms with E-state index in [1.807, 2.05) is 0 Å². The average Bonchev–Trinajstić information content (AvgIpc) is 2.56. The van der Waals surface area contributed by atoms with Crippen LogP contribution in [0.15, 0.2) is 36.5 Å². The van der Waals surface area contributed by atoms with E-state index in [9.17, 15) is 13.6 Å². The number of alkyl halides is 2. The number of ether oxygens (including phenoxy) is 2. The van der Waals surface area contributed by atoms with Gasteiger partial charge in [-0.05, 0) is 24.6 Å². The normalized spacial score (nSPS) is 10.4. The second kappa shape index (κ2) is 8.09. The number of hydrogen-bond donors (Lipinski definition) is 2. The van der Waals surface area contributed by atoms with Gasteiger partial charge < -0.3 is 20.1 Å². The predicted octanol–water partition coefficient (Wildman–Crippen LogP) is 3.32. The predicted molar refractivity (Wildman–Crippen MR) is 84.5 cm³/mol. The van der Waals surface area contributed by atoms with Gasteiger partial charge in [0.1, 0.15) is 5.75 Å². The van der Waals surface area contributed by atoms with E-state index in [0.717, 1.165) is 5.56 Å². The van der Waals surface area contributed by atoms with Crippen molar-refractivity contribution in [3.8, 4) is 11.6 Å². The lowest BCUT2D eigenvalue weighted by molar-refractivity contribution is -0.0502. The van der Waals surface area contributed by atoms with Crippen molar-refractivity contribution in [2.75, 3.05) is 12.4 Å². The maximum absolute atomic E-state index is 12.3. The fourth-order valence-electron chi connectivity index (χ4n) is 1.96. The summed E-state index contributed by atoms with van der Waals surface area (Å²) in [6.07, 6.45) is 1.58. The molecule has 0 saturated carbocycles. The molecule has 0 aliphatic carbocycles. The minimum Gasteiger partial charge on any atom is -0.481 e. The first-order chi connectivity index (χ1) is 11.5. The van der Waals surface area contributed by atoms with Crippen molar-refractivity contribution in [3.63, 3.8) is 0 Å². The van der Waals surface area contributed by atoms with Gasteiger partial charge in [-0.25, -0.2) is 9.78 Å². The largest absolute Gasteiger partial charge is 0.481 e. The van der Waals surface area contributed by atoms with Crippen molar-refractivity contribution < 1.29 is 23.0 Å². The Bertz CT molecular complexity index is 693. The Hall–Kier alpha value is -2.90. The van der Waals surface area contributed by atoms with Crippen LogP contribution in [0.2, 0.25) is 0 Å². The molecular formula is C16H17F2N3O3. The third-order valence-electron chi connectivity index (χ3n) is 3.21. The first kappa shape index (κ1) is 17.5. The maximum Gasteiger partial charge on any atom is 0.387 e. The summed E-state index contributed by atoms with van der Waals surface area (Å²) < 4.78 is 34.0. The Morgan fingerprint density at radius 1 is 1.29 bits per heavy atom. The number of aromatic nitrogens is 1. The topological polar surface area (TPSA) is 72.5 Å². The van der Waals surface area contributed by atoms with Crippen molar-refractivity contribution in [2.24, 2.45) is 0 Å². The number of amides is 2. The molecule has 0 aliphatic rings. The van der Waals surface area contributed by atoms with E-state index < -0.39 is 12.6 Å². The zero-order valence-corrected chi connectivity index (χ0v) is 13.2. The van der Waals surface area contributed by atoms with Gasteiger partial charge >= 0.3 is 12.6 Å². The van der Waals surface area contributed by atoms with Crippen LogP contribution < -0.4 is 20.1 Å². The Balaban J connectivity index is 1.94. The van der Waals surface area contributed by atoms with Crippen molar-refractivity contribution >= 4 is 11.7 Å². The molecule has 0 saturated heterocycles. The zero-order chi connectivity index (χ0) is 17.5. The third-order valence-corrected chi connectivity index (χ3v) is 3.21. The van der Waals surface area contributed by atoms with Crippen molar-refractivity contribution in [1.82, 2.24) is 10.3 Å². The van der Waals surface area contributed by atoms with Crippen LogP contribution in [-0.2, 0) is 6.54 Å². The lowest BCUT2D eigenvalue weighted by Crippen LogP contribution is -2.28. The molecular weight excluding hydrogens is 320 g/mol. The molecule has 0 unspecified atom stereocenters. The molecule has 2 amide bonds. The van der Waals surface area contributed by atoms with Gasteiger partial charge in [0.05, 0.1) is 7.11 Å². The maximum atomic E-state index is 12.3. The summed E-state index contributed by atoms with van der Waals surface area (Å²) in [6, 6.07) is 7.52. The van der Waals surface area contributed by atoms with E-state index in [-0.39, 0.29) is 12.3 Å². The molecule has 6 nitrogen and oxygen atoms in total. The van der Waals surface area contributed by atoms with Crippen LogP contribution >= 0.6 is 0 Å². The number of benzene rings is 1. The van der Waals surface area contributed by atoms with Gasteiger partial charge in [0.25, 0.3) is 0 Å². The molecule has 1 aromatic heterocycles. The summed E-state index contributed by atoms with van der Waals surface area (Å²) in [4.78, 5) is 16.0. The number of nitrogens with one attached hydrogen (secondary N) is 2. The SMILES string of the molecule is COc1ccc(CNC(=O)Nc2cccc(OC(F)F)c2C)cn1. The van der Waals surface area contributed by atoms with E-state index in [1.54, 1.807) is 31.3 Å². The molecule has 2 rings (SSSR count). The van der Waals surface area contributed by atoms with Gasteiger partial charge in [-0.3, -0.25) is 0 Å². The molecule has 0 radical (unpaired) electrons. The van der Waals surface area contributed by atoms with Crippen molar-refractivity contribution in [2.45, 2.75) is 20.1 Å². The number of anilines is 1. The fourth-order valence-corrected chi connectivity index (χ4v) is 1.96. The first-order valence-corrected chi connectivity index (χ1v) is 7.08. The average molecular weight is 337 g/mol. The highest BCUT2D eigenvalue weighted by Gasteiger charge is 2.11. The van der Waals surface area contributed by atoms with E-state index in [2.05, 4.69) is 20.4 Å². The van der Waals surface area contributed by atoms with E-state index in [1.165, 1.54) is 19.2 Å². The smallest absolute Gasteiger partial charge is 0.387 e. The number of hydrogen-bond acceptors (Lipinski definition) is 4. The minimum atomic E-state index is -2.92. The summed E-state index contributed by atoms with van der Waals surface area (Å²) in [7, 11) is 1.52. The minimum absolute atomic E-state index is 0.0159. The molecule has 2 aromatic rings. The Kier molecular flexibility index (Phi) is 5.89. The number of pyridine rings is 1. The van der Waals surface area contributed by atoms with Gasteiger partial charge in [0, 0.05) is 30.1 Å². The van der Waals surface area contributed by atoms with Gasteiger partial charge in [-0.15, -0.1) is 0 Å². The number of halogens is 2. The summed E-state index contributed by atoms with van der Waals surface area (Å²) in [6.45, 7) is -1.08. The molecule has 128 valence electrons. The number of carbonyl (C=O) groups is 1. The second-order valence-electron chi connectivity index (χ2n) is 4.82. The van der Waals surface area contributed by atoms with Gasteiger partial charge in [0.15, 0.2) is 0 Å². The van der Waals surface area contributed by atoms with Crippen molar-refractivity contribution in [3.05, 3.63) is 47.7 Å². The van der Waals surface area contributed by atoms with Crippen LogP contribution in [0.1, 0.15) is 11.1 Å². The summed E-state index contributed by atoms with van der Waals surface area (Å²) in [5.41, 5.74) is 1.59. The molecule has 0 atom stereocenters. The number of carbonyl (C=O) groups excluding carboxylic acids is 1. The van der Waals surface area contributed by atoms with Crippen LogP contribution in [-0.4, -0.2) is 24.7 Å². The number of urea groups is 1. The van der Waals surface area contributed by atoms with Crippen LogP contribution in [0.3, 0.4) is 0 Å². The Labute approximate surface area is 137 Å². The molecule has 0 spiro atoms. The number of nitrogens with zero attached hydrogens (tertiary/aromatic N) is 1. The summed E-state index contributed by atoms with van der Waals surface area (Å²) in [5, 5.41) is 5.25. The first-order valence-electron chi connectivity index (χ1n) is 7.08. The van der Waals surface area contributed by atoms with Gasteiger partial charge in [0.2, 0.25) is 5.88 Å². The summed E-state index contributed by atoms with van der Waals surface area (Å²) >= 11 is 0. The standard InChI is InChI=1S/C16H17F2N3O3/c1-10-12(4-3-5-13(10)24-15(17)18)21-16(22)20-9-11-6-7-14(23-2)19-8-11/h3-8,15H,9H2,1-2H3,(H2,20,21,22). The van der Waals surface area contributed by atoms with Gasteiger partial charge in [-0.1, -0.05) is 12.1 Å². The highest BCUT2D eigenvalue weighted by molar-refractivity contribution is 5.90. The van der Waals surface area contributed by atoms with Crippen molar-refractivity contribution in [1.29, 1.82) is 0 Å². The molecule has 0 aliphatic heterocycles. The Morgan fingerprint density at radius 3 is 2.71 bits per heavy atom. The van der Waals surface area contributed by atoms with Crippen LogP contribution in [0.25, 0.3) is 0 Å². The zero-order valence-electron chi connectivity index (χ0n) is 13.2. The number of rotatable bonds is 6. The highest BCUT2D eigenvalue weighted by Crippen LogP contribution is 2.26. The molecule has 1 heterocycles. The molecule has 24 heavy (non-hydrogen) atoms. The third kappa shape index (κ3) is 4.80. The van der Waals surface area contributed by atoms with E-state index >= 15 is 0 Å². The monoisotopic (exact) mass is 337 g/mol. The van der Waals surface area contributed by atoms with Crippen LogP contribution in [0.5, 0.6) is 11.6 Å². The second-order valence-corrected chi connectivity index (χ2v) is 4.82. The van der Waals surface area contributed by atoms with E-state index in [4.69, 9.17) is 4.74 Å². The summed E-state index contributed by atoms with van der Waals surface area (Å²) in [5.74, 6) is 0.497. The Morgan fingerprint density at radius 2 is 2.08 bits per heavy atom. The quantitative estimate of drug-likeness (QED) is 0.848. The molecule has 0 fully saturated rings. The van der Waals surface area contributed by atoms with E-state index in [0.29, 0.717) is 17.1 Å². The fraction of sp³-hybridized carbons (Fsp3) is 0.250.